The van der Waals surface area contributed by atoms with Crippen molar-refractivity contribution >= 4 is 12.7 Å². The first-order valence-electron chi connectivity index (χ1n) is 7.97. The van der Waals surface area contributed by atoms with Crippen molar-refractivity contribution in [3.05, 3.63) is 36.7 Å². The molecule has 104 valence electrons. The summed E-state index contributed by atoms with van der Waals surface area (Å²) in [6.45, 7) is 7.85. The number of aromatic nitrogens is 3. The minimum absolute atomic E-state index is 0.138. The van der Waals surface area contributed by atoms with Gasteiger partial charge in [0.25, 0.3) is 0 Å². The van der Waals surface area contributed by atoms with Crippen LogP contribution in [-0.4, -0.2) is 33.1 Å². The van der Waals surface area contributed by atoms with Crippen molar-refractivity contribution in [1.29, 1.82) is 0 Å². The van der Waals surface area contributed by atoms with Crippen molar-refractivity contribution in [2.75, 3.05) is 0 Å². The Labute approximate surface area is 123 Å². The van der Waals surface area contributed by atoms with Crippen molar-refractivity contribution < 1.29 is 13.4 Å². The topological polar surface area (TPSA) is 49.2 Å². The van der Waals surface area contributed by atoms with E-state index in [-0.39, 0.29) is 18.4 Å². The standard InChI is InChI=1S/C14H18BN3O2/c1-13(2)14(3,4)20-15(19-13)12-10-11(6-8-16-12)18-9-5-7-17-18/h5-10H,1-4H3/i5D,7D,9D. The highest BCUT2D eigenvalue weighted by Crippen LogP contribution is 2.36. The van der Waals surface area contributed by atoms with E-state index in [9.17, 15) is 0 Å². The molecule has 3 rings (SSSR count). The quantitative estimate of drug-likeness (QED) is 0.780. The third-order valence-corrected chi connectivity index (χ3v) is 3.87. The Morgan fingerprint density at radius 3 is 2.55 bits per heavy atom. The Hall–Kier alpha value is -1.66. The summed E-state index contributed by atoms with van der Waals surface area (Å²) in [5, 5.41) is 3.90. The summed E-state index contributed by atoms with van der Waals surface area (Å²) < 4.78 is 36.2. The fourth-order valence-corrected chi connectivity index (χ4v) is 1.96. The molecule has 6 heteroatoms. The van der Waals surface area contributed by atoms with Gasteiger partial charge in [0.1, 0.15) is 0 Å². The molecule has 1 saturated heterocycles. The van der Waals surface area contributed by atoms with E-state index in [0.717, 1.165) is 0 Å². The van der Waals surface area contributed by atoms with Gasteiger partial charge in [0, 0.05) is 18.5 Å². The van der Waals surface area contributed by atoms with E-state index >= 15 is 0 Å². The highest BCUT2D eigenvalue weighted by atomic mass is 16.7. The van der Waals surface area contributed by atoms with Crippen molar-refractivity contribution in [1.82, 2.24) is 14.8 Å². The van der Waals surface area contributed by atoms with E-state index in [1.54, 1.807) is 18.3 Å². The van der Waals surface area contributed by atoms with Crippen LogP contribution >= 0.6 is 0 Å². The van der Waals surface area contributed by atoms with E-state index in [4.69, 9.17) is 13.4 Å². The summed E-state index contributed by atoms with van der Waals surface area (Å²) in [6, 6.07) is 3.16. The van der Waals surface area contributed by atoms with Gasteiger partial charge in [-0.1, -0.05) is 0 Å². The Bertz CT molecular complexity index is 748. The molecule has 5 nitrogen and oxygen atoms in total. The molecule has 0 atom stereocenters. The Kier molecular flexibility index (Phi) is 2.24. The van der Waals surface area contributed by atoms with Gasteiger partial charge in [0.2, 0.25) is 0 Å². The molecule has 0 aliphatic carbocycles. The summed E-state index contributed by atoms with van der Waals surface area (Å²) in [5.74, 6) is 0. The lowest BCUT2D eigenvalue weighted by Gasteiger charge is -2.32. The van der Waals surface area contributed by atoms with E-state index in [1.165, 1.54) is 4.68 Å². The van der Waals surface area contributed by atoms with Gasteiger partial charge in [-0.25, -0.2) is 4.68 Å². The van der Waals surface area contributed by atoms with Gasteiger partial charge in [-0.3, -0.25) is 4.98 Å². The molecule has 0 saturated carbocycles. The molecule has 0 amide bonds. The average molecular weight is 274 g/mol. The normalized spacial score (nSPS) is 22.4. The van der Waals surface area contributed by atoms with E-state index in [0.29, 0.717) is 11.3 Å². The number of hydrogen-bond donors (Lipinski definition) is 0. The number of pyridine rings is 1. The van der Waals surface area contributed by atoms with Crippen LogP contribution in [0.1, 0.15) is 31.8 Å². The summed E-state index contributed by atoms with van der Waals surface area (Å²) in [6.07, 6.45) is 1.20. The molecular weight excluding hydrogens is 253 g/mol. The van der Waals surface area contributed by atoms with Gasteiger partial charge in [-0.05, 0) is 45.9 Å². The molecule has 3 heterocycles. The zero-order valence-corrected chi connectivity index (χ0v) is 12.0. The van der Waals surface area contributed by atoms with E-state index < -0.39 is 18.3 Å². The van der Waals surface area contributed by atoms with Gasteiger partial charge in [0.15, 0.2) is 0 Å². The van der Waals surface area contributed by atoms with E-state index in [2.05, 4.69) is 10.1 Å². The van der Waals surface area contributed by atoms with Gasteiger partial charge in [-0.2, -0.15) is 5.10 Å². The third-order valence-electron chi connectivity index (χ3n) is 3.87. The van der Waals surface area contributed by atoms with Crippen LogP contribution in [0.2, 0.25) is 0 Å². The molecule has 2 aromatic rings. The summed E-state index contributed by atoms with van der Waals surface area (Å²) in [7, 11) is -0.615. The van der Waals surface area contributed by atoms with Crippen LogP contribution in [0.25, 0.3) is 5.69 Å². The first-order valence-corrected chi connectivity index (χ1v) is 6.47. The second-order valence-corrected chi connectivity index (χ2v) is 5.79. The number of rotatable bonds is 2. The minimum atomic E-state index is -0.615. The molecular formula is C14H18BN3O2. The molecule has 2 aromatic heterocycles. The Morgan fingerprint density at radius 1 is 1.25 bits per heavy atom. The van der Waals surface area contributed by atoms with E-state index in [1.807, 2.05) is 27.7 Å². The number of nitrogens with zero attached hydrogens (tertiary/aromatic N) is 3. The lowest BCUT2D eigenvalue weighted by molar-refractivity contribution is 0.00578. The lowest BCUT2D eigenvalue weighted by Crippen LogP contribution is -2.41. The van der Waals surface area contributed by atoms with Crippen molar-refractivity contribution in [2.45, 2.75) is 38.9 Å². The zero-order chi connectivity index (χ0) is 17.0. The van der Waals surface area contributed by atoms with Crippen LogP contribution in [0.5, 0.6) is 0 Å². The fourth-order valence-electron chi connectivity index (χ4n) is 1.96. The Morgan fingerprint density at radius 2 is 1.95 bits per heavy atom. The SMILES string of the molecule is [2H]c1nn(-c2ccnc(B3OC(C)(C)C(C)(C)O3)c2)c([2H])c1[2H]. The van der Waals surface area contributed by atoms with Crippen LogP contribution in [0.15, 0.2) is 36.7 Å². The third kappa shape index (κ3) is 2.15. The minimum Gasteiger partial charge on any atom is -0.398 e. The number of hydrogen-bond acceptors (Lipinski definition) is 4. The molecule has 0 bridgehead atoms. The summed E-state index contributed by atoms with van der Waals surface area (Å²) >= 11 is 0. The highest BCUT2D eigenvalue weighted by molar-refractivity contribution is 6.61. The maximum atomic E-state index is 7.87. The van der Waals surface area contributed by atoms with Gasteiger partial charge < -0.3 is 9.31 Å². The predicted molar refractivity (Wildman–Crippen MR) is 77.1 cm³/mol. The maximum Gasteiger partial charge on any atom is 0.514 e. The smallest absolute Gasteiger partial charge is 0.398 e. The maximum absolute atomic E-state index is 7.87. The molecule has 0 radical (unpaired) electrons. The van der Waals surface area contributed by atoms with Crippen LogP contribution in [0.4, 0.5) is 0 Å². The highest BCUT2D eigenvalue weighted by Gasteiger charge is 2.52. The first kappa shape index (κ1) is 10.1. The zero-order valence-electron chi connectivity index (χ0n) is 15.0. The summed E-state index contributed by atoms with van der Waals surface area (Å²) in [5.41, 5.74) is 0.171. The van der Waals surface area contributed by atoms with Crippen molar-refractivity contribution in [2.24, 2.45) is 0 Å². The average Bonchev–Trinajstić information content (AvgIpc) is 2.86. The van der Waals surface area contributed by atoms with Crippen LogP contribution in [0.3, 0.4) is 0 Å². The second kappa shape index (κ2) is 4.43. The summed E-state index contributed by atoms with van der Waals surface area (Å²) in [4.78, 5) is 4.29. The van der Waals surface area contributed by atoms with Crippen molar-refractivity contribution in [3.8, 4) is 5.69 Å². The molecule has 1 fully saturated rings. The van der Waals surface area contributed by atoms with Crippen molar-refractivity contribution in [3.63, 3.8) is 0 Å². The largest absolute Gasteiger partial charge is 0.514 e. The van der Waals surface area contributed by atoms with Gasteiger partial charge >= 0.3 is 7.12 Å². The molecule has 0 aromatic carbocycles. The molecule has 1 aliphatic heterocycles. The van der Waals surface area contributed by atoms with Crippen LogP contribution < -0.4 is 5.59 Å². The van der Waals surface area contributed by atoms with Gasteiger partial charge in [-0.15, -0.1) is 0 Å². The predicted octanol–water partition coefficient (Wildman–Crippen LogP) is 1.57. The lowest BCUT2D eigenvalue weighted by atomic mass is 9.84. The molecule has 0 spiro atoms. The van der Waals surface area contributed by atoms with Gasteiger partial charge in [0.05, 0.1) is 26.6 Å². The van der Waals surface area contributed by atoms with Crippen LogP contribution in [-0.2, 0) is 9.31 Å². The monoisotopic (exact) mass is 274 g/mol. The second-order valence-electron chi connectivity index (χ2n) is 5.79. The first-order chi connectivity index (χ1) is 10.6. The molecule has 1 aliphatic rings. The Balaban J connectivity index is 1.97. The van der Waals surface area contributed by atoms with Crippen LogP contribution in [0, 0.1) is 0 Å². The molecule has 0 unspecified atom stereocenters. The fraction of sp³-hybridized carbons (Fsp3) is 0.429. The molecule has 0 N–H and O–H groups in total. The molecule has 20 heavy (non-hydrogen) atoms.